The average molecular weight is 220 g/mol. The van der Waals surface area contributed by atoms with Crippen LogP contribution in [-0.2, 0) is 0 Å². The number of ether oxygens (including phenoxy) is 1. The number of methoxy groups -OCH3 is 1. The van der Waals surface area contributed by atoms with Crippen molar-refractivity contribution < 1.29 is 4.74 Å². The minimum atomic E-state index is 0.294. The van der Waals surface area contributed by atoms with Crippen LogP contribution in [0.3, 0.4) is 0 Å². The molecule has 3 nitrogen and oxygen atoms in total. The summed E-state index contributed by atoms with van der Waals surface area (Å²) in [5.74, 6) is 0.932. The largest absolute Gasteiger partial charge is 0.496 e. The predicted molar refractivity (Wildman–Crippen MR) is 67.0 cm³/mol. The summed E-state index contributed by atoms with van der Waals surface area (Å²) < 4.78 is 5.24. The fourth-order valence-corrected chi connectivity index (χ4v) is 2.35. The van der Waals surface area contributed by atoms with Crippen LogP contribution in [0.4, 0.5) is 5.69 Å². The molecule has 1 aromatic carbocycles. The minimum Gasteiger partial charge on any atom is -0.496 e. The summed E-state index contributed by atoms with van der Waals surface area (Å²) in [6.45, 7) is 2.05. The maximum atomic E-state index is 6.03. The number of rotatable bonds is 3. The molecule has 0 bridgehead atoms. The molecule has 88 valence electrons. The Labute approximate surface area is 97.0 Å². The van der Waals surface area contributed by atoms with Crippen LogP contribution in [0.15, 0.2) is 18.2 Å². The van der Waals surface area contributed by atoms with E-state index in [0.717, 1.165) is 23.4 Å². The summed E-state index contributed by atoms with van der Waals surface area (Å²) in [4.78, 5) is 0. The smallest absolute Gasteiger partial charge is 0.121 e. The van der Waals surface area contributed by atoms with Gasteiger partial charge in [0.25, 0.3) is 0 Å². The molecule has 1 aliphatic rings. The number of hydrogen-bond acceptors (Lipinski definition) is 3. The van der Waals surface area contributed by atoms with Gasteiger partial charge in [-0.2, -0.15) is 0 Å². The van der Waals surface area contributed by atoms with Crippen LogP contribution in [0, 0.1) is 6.92 Å². The van der Waals surface area contributed by atoms with Gasteiger partial charge in [-0.3, -0.25) is 0 Å². The summed E-state index contributed by atoms with van der Waals surface area (Å²) in [7, 11) is 1.70. The maximum absolute atomic E-state index is 6.03. The monoisotopic (exact) mass is 220 g/mol. The third-order valence-corrected chi connectivity index (χ3v) is 3.32. The topological polar surface area (TPSA) is 47.3 Å². The predicted octanol–water partition coefficient (Wildman–Crippen LogP) is 2.30. The first kappa shape index (κ1) is 11.3. The Balaban J connectivity index is 2.07. The van der Waals surface area contributed by atoms with Crippen LogP contribution in [-0.4, -0.2) is 19.2 Å². The molecule has 2 unspecified atom stereocenters. The van der Waals surface area contributed by atoms with Gasteiger partial charge in [-0.15, -0.1) is 0 Å². The van der Waals surface area contributed by atoms with Gasteiger partial charge in [0.05, 0.1) is 7.11 Å². The third kappa shape index (κ3) is 2.30. The first-order chi connectivity index (χ1) is 7.70. The van der Waals surface area contributed by atoms with Crippen molar-refractivity contribution in [1.82, 2.24) is 0 Å². The summed E-state index contributed by atoms with van der Waals surface area (Å²) in [6.07, 6.45) is 3.53. The number of nitrogens with one attached hydrogen (secondary N) is 1. The van der Waals surface area contributed by atoms with E-state index in [-0.39, 0.29) is 0 Å². The second-order valence-electron chi connectivity index (χ2n) is 4.53. The molecule has 0 spiro atoms. The van der Waals surface area contributed by atoms with E-state index in [1.54, 1.807) is 7.11 Å². The second-order valence-corrected chi connectivity index (χ2v) is 4.53. The van der Waals surface area contributed by atoms with Crippen molar-refractivity contribution in [3.05, 3.63) is 23.8 Å². The van der Waals surface area contributed by atoms with Gasteiger partial charge >= 0.3 is 0 Å². The van der Waals surface area contributed by atoms with Crippen molar-refractivity contribution in [3.8, 4) is 5.75 Å². The van der Waals surface area contributed by atoms with Crippen LogP contribution < -0.4 is 15.8 Å². The Morgan fingerprint density at radius 3 is 2.75 bits per heavy atom. The molecule has 0 heterocycles. The molecule has 2 atom stereocenters. The molecule has 0 aliphatic heterocycles. The first-order valence-electron chi connectivity index (χ1n) is 5.87. The van der Waals surface area contributed by atoms with Gasteiger partial charge < -0.3 is 15.8 Å². The summed E-state index contributed by atoms with van der Waals surface area (Å²) in [5.41, 5.74) is 8.33. The van der Waals surface area contributed by atoms with Crippen molar-refractivity contribution in [2.24, 2.45) is 5.73 Å². The van der Waals surface area contributed by atoms with Gasteiger partial charge in [-0.05, 0) is 49.9 Å². The average Bonchev–Trinajstić information content (AvgIpc) is 2.65. The normalized spacial score (nSPS) is 24.4. The van der Waals surface area contributed by atoms with Gasteiger partial charge in [0.1, 0.15) is 5.75 Å². The molecule has 3 heteroatoms. The molecular formula is C13H20N2O. The quantitative estimate of drug-likeness (QED) is 0.821. The highest BCUT2D eigenvalue weighted by molar-refractivity contribution is 5.51. The van der Waals surface area contributed by atoms with Gasteiger partial charge in [0.2, 0.25) is 0 Å². The Morgan fingerprint density at radius 1 is 1.38 bits per heavy atom. The fraction of sp³-hybridized carbons (Fsp3) is 0.538. The molecule has 0 radical (unpaired) electrons. The van der Waals surface area contributed by atoms with E-state index in [2.05, 4.69) is 24.4 Å². The van der Waals surface area contributed by atoms with E-state index in [1.807, 2.05) is 6.07 Å². The van der Waals surface area contributed by atoms with Crippen molar-refractivity contribution in [1.29, 1.82) is 0 Å². The van der Waals surface area contributed by atoms with E-state index in [9.17, 15) is 0 Å². The molecule has 0 aromatic heterocycles. The molecular weight excluding hydrogens is 200 g/mol. The van der Waals surface area contributed by atoms with Gasteiger partial charge in [0.15, 0.2) is 0 Å². The Kier molecular flexibility index (Phi) is 3.34. The molecule has 1 aliphatic carbocycles. The van der Waals surface area contributed by atoms with E-state index in [0.29, 0.717) is 12.1 Å². The summed E-state index contributed by atoms with van der Waals surface area (Å²) in [5, 5.41) is 3.50. The summed E-state index contributed by atoms with van der Waals surface area (Å²) >= 11 is 0. The van der Waals surface area contributed by atoms with Crippen molar-refractivity contribution >= 4 is 5.69 Å². The van der Waals surface area contributed by atoms with Crippen molar-refractivity contribution in [3.63, 3.8) is 0 Å². The first-order valence-corrected chi connectivity index (χ1v) is 5.87. The van der Waals surface area contributed by atoms with Crippen molar-refractivity contribution in [2.75, 3.05) is 12.4 Å². The fourth-order valence-electron chi connectivity index (χ4n) is 2.35. The Bertz CT molecular complexity index is 365. The lowest BCUT2D eigenvalue weighted by Gasteiger charge is -2.19. The molecule has 3 N–H and O–H groups in total. The lowest BCUT2D eigenvalue weighted by Crippen LogP contribution is -2.35. The highest BCUT2D eigenvalue weighted by Gasteiger charge is 2.23. The number of benzene rings is 1. The Hall–Kier alpha value is -1.22. The van der Waals surface area contributed by atoms with E-state index >= 15 is 0 Å². The lowest BCUT2D eigenvalue weighted by molar-refractivity contribution is 0.412. The molecule has 0 saturated heterocycles. The standard InChI is InChI=1S/C13H20N2O/c1-9-8-10(6-7-13(9)16-2)15-12-5-3-4-11(12)14/h6-8,11-12,15H,3-5,14H2,1-2H3. The molecule has 0 amide bonds. The second kappa shape index (κ2) is 4.74. The highest BCUT2D eigenvalue weighted by atomic mass is 16.5. The van der Waals surface area contributed by atoms with Crippen LogP contribution in [0.2, 0.25) is 0 Å². The van der Waals surface area contributed by atoms with Gasteiger partial charge in [-0.25, -0.2) is 0 Å². The number of aryl methyl sites for hydroxylation is 1. The molecule has 2 rings (SSSR count). The molecule has 1 fully saturated rings. The highest BCUT2D eigenvalue weighted by Crippen LogP contribution is 2.25. The zero-order valence-corrected chi connectivity index (χ0v) is 9.99. The number of hydrogen-bond donors (Lipinski definition) is 2. The van der Waals surface area contributed by atoms with Crippen LogP contribution in [0.1, 0.15) is 24.8 Å². The third-order valence-electron chi connectivity index (χ3n) is 3.32. The molecule has 1 saturated carbocycles. The minimum absolute atomic E-state index is 0.294. The Morgan fingerprint density at radius 2 is 2.19 bits per heavy atom. The zero-order valence-electron chi connectivity index (χ0n) is 9.99. The van der Waals surface area contributed by atoms with Gasteiger partial charge in [-0.1, -0.05) is 0 Å². The van der Waals surface area contributed by atoms with Crippen molar-refractivity contribution in [2.45, 2.75) is 38.3 Å². The maximum Gasteiger partial charge on any atom is 0.121 e. The number of nitrogens with two attached hydrogens (primary N) is 1. The van der Waals surface area contributed by atoms with E-state index in [1.165, 1.54) is 12.8 Å². The molecule has 16 heavy (non-hydrogen) atoms. The SMILES string of the molecule is COc1ccc(NC2CCCC2N)cc1C. The summed E-state index contributed by atoms with van der Waals surface area (Å²) in [6, 6.07) is 6.88. The van der Waals surface area contributed by atoms with E-state index < -0.39 is 0 Å². The van der Waals surface area contributed by atoms with Gasteiger partial charge in [0, 0.05) is 17.8 Å². The number of anilines is 1. The zero-order chi connectivity index (χ0) is 11.5. The van der Waals surface area contributed by atoms with E-state index in [4.69, 9.17) is 10.5 Å². The van der Waals surface area contributed by atoms with Crippen LogP contribution in [0.5, 0.6) is 5.75 Å². The van der Waals surface area contributed by atoms with Crippen LogP contribution in [0.25, 0.3) is 0 Å². The van der Waals surface area contributed by atoms with Crippen LogP contribution >= 0.6 is 0 Å². The lowest BCUT2D eigenvalue weighted by atomic mass is 10.1. The molecule has 1 aromatic rings.